The molecule has 0 saturated carbocycles. The van der Waals surface area contributed by atoms with Crippen molar-refractivity contribution in [2.75, 3.05) is 6.61 Å². The van der Waals surface area contributed by atoms with Crippen molar-refractivity contribution in [2.45, 2.75) is 19.9 Å². The number of esters is 1. The molecule has 0 saturated heterocycles. The predicted molar refractivity (Wildman–Crippen MR) is 115 cm³/mol. The number of hydrogen-bond acceptors (Lipinski definition) is 6. The van der Waals surface area contributed by atoms with E-state index in [-0.39, 0.29) is 12.2 Å². The number of thiazole rings is 1. The van der Waals surface area contributed by atoms with E-state index in [1.54, 1.807) is 38.3 Å². The van der Waals surface area contributed by atoms with Crippen LogP contribution in [0.3, 0.4) is 0 Å². The first-order valence-corrected chi connectivity index (χ1v) is 10.4. The molecule has 3 heterocycles. The number of carbonyl (C=O) groups excluding carboxylic acids is 1. The van der Waals surface area contributed by atoms with Gasteiger partial charge in [-0.2, -0.15) is 0 Å². The summed E-state index contributed by atoms with van der Waals surface area (Å²) in [6, 6.07) is 12.6. The Kier molecular flexibility index (Phi) is 5.63. The van der Waals surface area contributed by atoms with Crippen molar-refractivity contribution in [1.29, 1.82) is 0 Å². The number of allylic oxidation sites excluding steroid dienone is 2. The molecule has 0 bridgehead atoms. The SMILES string of the molecule is CCOC(=O)C1=C(C)N=c2sc(=Cc3ccco3)c(=O)n2C1C=Cc1ccccc1. The Morgan fingerprint density at radius 1 is 1.27 bits per heavy atom. The van der Waals surface area contributed by atoms with E-state index in [9.17, 15) is 9.59 Å². The van der Waals surface area contributed by atoms with E-state index >= 15 is 0 Å². The van der Waals surface area contributed by atoms with Crippen LogP contribution in [0.1, 0.15) is 31.2 Å². The quantitative estimate of drug-likeness (QED) is 0.595. The molecule has 0 radical (unpaired) electrons. The molecule has 1 aromatic carbocycles. The lowest BCUT2D eigenvalue weighted by Gasteiger charge is -2.21. The molecule has 2 aromatic heterocycles. The summed E-state index contributed by atoms with van der Waals surface area (Å²) in [5, 5.41) is 0. The lowest BCUT2D eigenvalue weighted by molar-refractivity contribution is -0.139. The maximum atomic E-state index is 13.2. The van der Waals surface area contributed by atoms with Gasteiger partial charge in [-0.15, -0.1) is 0 Å². The van der Waals surface area contributed by atoms with Crippen molar-refractivity contribution in [3.8, 4) is 0 Å². The van der Waals surface area contributed by atoms with Crippen LogP contribution in [0.15, 0.2) is 80.3 Å². The topological polar surface area (TPSA) is 73.8 Å². The van der Waals surface area contributed by atoms with Crippen LogP contribution in [0.4, 0.5) is 0 Å². The minimum Gasteiger partial charge on any atom is -0.465 e. The van der Waals surface area contributed by atoms with E-state index in [2.05, 4.69) is 4.99 Å². The Bertz CT molecular complexity index is 1300. The maximum absolute atomic E-state index is 13.2. The first kappa shape index (κ1) is 19.8. The van der Waals surface area contributed by atoms with Gasteiger partial charge in [0.05, 0.1) is 34.7 Å². The van der Waals surface area contributed by atoms with Gasteiger partial charge in [-0.25, -0.2) is 9.79 Å². The zero-order chi connectivity index (χ0) is 21.1. The van der Waals surface area contributed by atoms with E-state index in [4.69, 9.17) is 9.15 Å². The van der Waals surface area contributed by atoms with E-state index in [0.717, 1.165) is 5.56 Å². The summed E-state index contributed by atoms with van der Waals surface area (Å²) in [6.45, 7) is 3.76. The number of aromatic nitrogens is 1. The Balaban J connectivity index is 1.88. The fourth-order valence-electron chi connectivity index (χ4n) is 3.29. The highest BCUT2D eigenvalue weighted by molar-refractivity contribution is 7.07. The minimum atomic E-state index is -0.612. The molecule has 1 atom stereocenters. The standard InChI is InChI=1S/C23H20N2O4S/c1-3-28-22(27)20-15(2)24-23-25(18(20)12-11-16-8-5-4-6-9-16)21(26)19(30-23)14-17-10-7-13-29-17/h4-14,18H,3H2,1-2H3. The fraction of sp³-hybridized carbons (Fsp3) is 0.174. The van der Waals surface area contributed by atoms with Crippen LogP contribution in [0.2, 0.25) is 0 Å². The molecule has 0 N–H and O–H groups in total. The van der Waals surface area contributed by atoms with E-state index < -0.39 is 12.0 Å². The van der Waals surface area contributed by atoms with Crippen LogP contribution >= 0.6 is 11.3 Å². The van der Waals surface area contributed by atoms with E-state index in [1.807, 2.05) is 42.5 Å². The second-order valence-electron chi connectivity index (χ2n) is 6.63. The number of hydrogen-bond donors (Lipinski definition) is 0. The molecule has 1 aliphatic rings. The first-order valence-electron chi connectivity index (χ1n) is 9.55. The highest BCUT2D eigenvalue weighted by Gasteiger charge is 2.30. The van der Waals surface area contributed by atoms with Gasteiger partial charge in [-0.1, -0.05) is 53.8 Å². The number of nitrogens with zero attached hydrogens (tertiary/aromatic N) is 2. The van der Waals surface area contributed by atoms with Gasteiger partial charge >= 0.3 is 5.97 Å². The lowest BCUT2D eigenvalue weighted by Crippen LogP contribution is -2.38. The molecule has 0 amide bonds. The molecule has 0 aliphatic carbocycles. The average molecular weight is 420 g/mol. The third kappa shape index (κ3) is 3.84. The number of ether oxygens (including phenoxy) is 1. The molecule has 6 nitrogen and oxygen atoms in total. The Hall–Kier alpha value is -3.45. The number of benzene rings is 1. The van der Waals surface area contributed by atoms with Crippen molar-refractivity contribution in [3.63, 3.8) is 0 Å². The third-order valence-electron chi connectivity index (χ3n) is 4.65. The van der Waals surface area contributed by atoms with Crippen molar-refractivity contribution < 1.29 is 13.9 Å². The summed E-state index contributed by atoms with van der Waals surface area (Å²) in [5.41, 5.74) is 1.64. The number of furan rings is 1. The Morgan fingerprint density at radius 3 is 2.77 bits per heavy atom. The summed E-state index contributed by atoms with van der Waals surface area (Å²) >= 11 is 1.26. The average Bonchev–Trinajstić information content (AvgIpc) is 3.35. The monoisotopic (exact) mass is 420 g/mol. The van der Waals surface area contributed by atoms with Crippen LogP contribution in [0, 0.1) is 0 Å². The highest BCUT2D eigenvalue weighted by atomic mass is 32.1. The van der Waals surface area contributed by atoms with Crippen molar-refractivity contribution in [3.05, 3.63) is 97.1 Å². The Labute approximate surface area is 176 Å². The molecule has 7 heteroatoms. The van der Waals surface area contributed by atoms with Crippen molar-refractivity contribution >= 4 is 29.5 Å². The molecule has 1 aliphatic heterocycles. The normalized spacial score (nSPS) is 16.6. The van der Waals surface area contributed by atoms with Gasteiger partial charge in [0.15, 0.2) is 4.80 Å². The van der Waals surface area contributed by atoms with Crippen molar-refractivity contribution in [1.82, 2.24) is 4.57 Å². The van der Waals surface area contributed by atoms with Crippen LogP contribution in [0.5, 0.6) is 0 Å². The van der Waals surface area contributed by atoms with E-state index in [1.165, 1.54) is 15.9 Å². The van der Waals surface area contributed by atoms with Gasteiger partial charge in [0.1, 0.15) is 5.76 Å². The van der Waals surface area contributed by atoms with Gasteiger partial charge in [-0.3, -0.25) is 9.36 Å². The molecule has 152 valence electrons. The minimum absolute atomic E-state index is 0.229. The molecule has 1 unspecified atom stereocenters. The molecule has 0 spiro atoms. The summed E-state index contributed by atoms with van der Waals surface area (Å²) in [7, 11) is 0. The van der Waals surface area contributed by atoms with Crippen LogP contribution in [-0.2, 0) is 9.53 Å². The number of fused-ring (bicyclic) bond motifs is 1. The second kappa shape index (κ2) is 8.51. The summed E-state index contributed by atoms with van der Waals surface area (Å²) < 4.78 is 12.6. The van der Waals surface area contributed by atoms with Crippen LogP contribution < -0.4 is 14.9 Å². The summed E-state index contributed by atoms with van der Waals surface area (Å²) in [4.78, 5) is 31.0. The molecule has 30 heavy (non-hydrogen) atoms. The molecule has 0 fully saturated rings. The van der Waals surface area contributed by atoms with Crippen LogP contribution in [0.25, 0.3) is 12.2 Å². The molecular weight excluding hydrogens is 400 g/mol. The van der Waals surface area contributed by atoms with Gasteiger partial charge < -0.3 is 9.15 Å². The van der Waals surface area contributed by atoms with Gasteiger partial charge in [-0.05, 0) is 31.5 Å². The summed E-state index contributed by atoms with van der Waals surface area (Å²) in [6.07, 6.45) is 6.98. The van der Waals surface area contributed by atoms with Crippen molar-refractivity contribution in [2.24, 2.45) is 4.99 Å². The fourth-order valence-corrected chi connectivity index (χ4v) is 4.32. The Morgan fingerprint density at radius 2 is 2.07 bits per heavy atom. The zero-order valence-corrected chi connectivity index (χ0v) is 17.4. The van der Waals surface area contributed by atoms with E-state index in [0.29, 0.717) is 26.4 Å². The largest absolute Gasteiger partial charge is 0.465 e. The molecule has 4 rings (SSSR count). The maximum Gasteiger partial charge on any atom is 0.338 e. The first-order chi connectivity index (χ1) is 14.6. The summed E-state index contributed by atoms with van der Waals surface area (Å²) in [5.74, 6) is 0.111. The predicted octanol–water partition coefficient (Wildman–Crippen LogP) is 3.06. The van der Waals surface area contributed by atoms with Gasteiger partial charge in [0, 0.05) is 6.08 Å². The van der Waals surface area contributed by atoms with Gasteiger partial charge in [0.2, 0.25) is 0 Å². The highest BCUT2D eigenvalue weighted by Crippen LogP contribution is 2.26. The molecular formula is C23H20N2O4S. The smallest absolute Gasteiger partial charge is 0.338 e. The lowest BCUT2D eigenvalue weighted by atomic mass is 10.0. The molecule has 3 aromatic rings. The second-order valence-corrected chi connectivity index (χ2v) is 7.64. The van der Waals surface area contributed by atoms with Crippen LogP contribution in [-0.4, -0.2) is 17.1 Å². The third-order valence-corrected chi connectivity index (χ3v) is 5.63. The number of rotatable bonds is 5. The zero-order valence-electron chi connectivity index (χ0n) is 16.6. The van der Waals surface area contributed by atoms with Gasteiger partial charge in [0.25, 0.3) is 5.56 Å². The number of carbonyl (C=O) groups is 1.